The number of aliphatic imine (C=N–C) groups is 1. The van der Waals surface area contributed by atoms with Crippen LogP contribution in [-0.2, 0) is 4.74 Å². The summed E-state index contributed by atoms with van der Waals surface area (Å²) >= 11 is 0. The SMILES string of the molecule is CCNC(=NCC(c1ccc(C)o1)N1CCCC1)NCCNC(=O)OC(C)(C)C. The standard InChI is InChI=1S/C21H37N5O3/c1-6-22-19(23-11-12-24-20(27)29-21(3,4)5)25-15-17(26-13-7-8-14-26)18-10-9-16(2)28-18/h9-10,17H,6-8,11-15H2,1-5H3,(H,24,27)(H2,22,23,25). The Labute approximate surface area is 174 Å². The lowest BCUT2D eigenvalue weighted by Crippen LogP contribution is -2.43. The number of hydrogen-bond acceptors (Lipinski definition) is 5. The molecule has 0 bridgehead atoms. The monoisotopic (exact) mass is 407 g/mol. The fraction of sp³-hybridized carbons (Fsp3) is 0.714. The molecule has 0 saturated carbocycles. The van der Waals surface area contributed by atoms with Gasteiger partial charge in [0.1, 0.15) is 17.1 Å². The Balaban J connectivity index is 1.89. The van der Waals surface area contributed by atoms with Crippen LogP contribution in [0, 0.1) is 6.92 Å². The third-order valence-corrected chi connectivity index (χ3v) is 4.52. The molecule has 1 aliphatic heterocycles. The van der Waals surface area contributed by atoms with Crippen molar-refractivity contribution in [2.24, 2.45) is 4.99 Å². The molecular formula is C21H37N5O3. The van der Waals surface area contributed by atoms with Gasteiger partial charge in [0.05, 0.1) is 12.6 Å². The number of carbonyl (C=O) groups is 1. The van der Waals surface area contributed by atoms with Crippen LogP contribution in [-0.4, -0.2) is 61.8 Å². The normalized spacial score (nSPS) is 16.5. The minimum Gasteiger partial charge on any atom is -0.465 e. The van der Waals surface area contributed by atoms with E-state index in [1.165, 1.54) is 12.8 Å². The van der Waals surface area contributed by atoms with Gasteiger partial charge < -0.3 is 25.1 Å². The zero-order valence-corrected chi connectivity index (χ0v) is 18.5. The van der Waals surface area contributed by atoms with E-state index in [9.17, 15) is 4.79 Å². The van der Waals surface area contributed by atoms with Crippen molar-refractivity contribution >= 4 is 12.1 Å². The van der Waals surface area contributed by atoms with Crippen LogP contribution < -0.4 is 16.0 Å². The van der Waals surface area contributed by atoms with Gasteiger partial charge >= 0.3 is 6.09 Å². The molecule has 1 aromatic rings. The van der Waals surface area contributed by atoms with Gasteiger partial charge in [-0.25, -0.2) is 4.79 Å². The minimum atomic E-state index is -0.497. The molecule has 3 N–H and O–H groups in total. The molecule has 1 aliphatic rings. The van der Waals surface area contributed by atoms with Crippen molar-refractivity contribution in [3.8, 4) is 0 Å². The highest BCUT2D eigenvalue weighted by molar-refractivity contribution is 5.79. The molecule has 0 radical (unpaired) electrons. The predicted molar refractivity (Wildman–Crippen MR) is 115 cm³/mol. The van der Waals surface area contributed by atoms with Crippen LogP contribution in [0.15, 0.2) is 21.5 Å². The van der Waals surface area contributed by atoms with E-state index in [1.54, 1.807) is 0 Å². The fourth-order valence-electron chi connectivity index (χ4n) is 3.25. The Hall–Kier alpha value is -2.22. The second kappa shape index (κ2) is 11.1. The molecule has 8 heteroatoms. The van der Waals surface area contributed by atoms with Gasteiger partial charge in [-0.3, -0.25) is 9.89 Å². The molecule has 2 rings (SSSR count). The molecule has 8 nitrogen and oxygen atoms in total. The first-order valence-electron chi connectivity index (χ1n) is 10.6. The Kier molecular flexibility index (Phi) is 8.82. The van der Waals surface area contributed by atoms with E-state index in [2.05, 4.69) is 26.9 Å². The summed E-state index contributed by atoms with van der Waals surface area (Å²) in [6.07, 6.45) is 2.02. The van der Waals surface area contributed by atoms with Crippen molar-refractivity contribution in [2.75, 3.05) is 39.3 Å². The minimum absolute atomic E-state index is 0.140. The van der Waals surface area contributed by atoms with Crippen LogP contribution in [0.25, 0.3) is 0 Å². The molecule has 1 atom stereocenters. The van der Waals surface area contributed by atoms with E-state index in [4.69, 9.17) is 14.1 Å². The average Bonchev–Trinajstić information content (AvgIpc) is 3.29. The van der Waals surface area contributed by atoms with Crippen LogP contribution >= 0.6 is 0 Å². The molecule has 1 fully saturated rings. The highest BCUT2D eigenvalue weighted by Gasteiger charge is 2.25. The summed E-state index contributed by atoms with van der Waals surface area (Å²) in [6, 6.07) is 4.20. The summed E-state index contributed by atoms with van der Waals surface area (Å²) < 4.78 is 11.1. The van der Waals surface area contributed by atoms with Crippen LogP contribution in [0.1, 0.15) is 58.1 Å². The van der Waals surface area contributed by atoms with Gasteiger partial charge in [0.15, 0.2) is 5.96 Å². The van der Waals surface area contributed by atoms with Crippen molar-refractivity contribution in [1.82, 2.24) is 20.9 Å². The Bertz CT molecular complexity index is 660. The summed E-state index contributed by atoms with van der Waals surface area (Å²) in [5.74, 6) is 2.62. The fourth-order valence-corrected chi connectivity index (χ4v) is 3.25. The molecule has 0 aromatic carbocycles. The van der Waals surface area contributed by atoms with Gasteiger partial charge in [-0.05, 0) is 72.7 Å². The maximum atomic E-state index is 11.7. The third kappa shape index (κ3) is 8.35. The number of guanidine groups is 1. The van der Waals surface area contributed by atoms with Gasteiger partial charge in [-0.2, -0.15) is 0 Å². The van der Waals surface area contributed by atoms with Crippen molar-refractivity contribution in [2.45, 2.75) is 59.1 Å². The van der Waals surface area contributed by atoms with Gasteiger partial charge in [0, 0.05) is 19.6 Å². The smallest absolute Gasteiger partial charge is 0.407 e. The Morgan fingerprint density at radius 3 is 2.48 bits per heavy atom. The molecule has 1 saturated heterocycles. The molecule has 1 amide bonds. The largest absolute Gasteiger partial charge is 0.465 e. The molecule has 2 heterocycles. The number of ether oxygens (including phenoxy) is 1. The summed E-state index contributed by atoms with van der Waals surface area (Å²) in [5, 5.41) is 9.26. The number of likely N-dealkylation sites (tertiary alicyclic amines) is 1. The van der Waals surface area contributed by atoms with Crippen molar-refractivity contribution in [3.05, 3.63) is 23.7 Å². The molecule has 1 unspecified atom stereocenters. The second-order valence-corrected chi connectivity index (χ2v) is 8.28. The number of alkyl carbamates (subject to hydrolysis) is 1. The van der Waals surface area contributed by atoms with Crippen LogP contribution in [0.5, 0.6) is 0 Å². The van der Waals surface area contributed by atoms with E-state index in [-0.39, 0.29) is 6.04 Å². The van der Waals surface area contributed by atoms with E-state index in [0.717, 1.165) is 37.1 Å². The number of hydrogen-bond donors (Lipinski definition) is 3. The van der Waals surface area contributed by atoms with E-state index in [0.29, 0.717) is 19.6 Å². The number of rotatable bonds is 8. The molecule has 164 valence electrons. The lowest BCUT2D eigenvalue weighted by Gasteiger charge is -2.24. The zero-order chi connectivity index (χ0) is 21.3. The lowest BCUT2D eigenvalue weighted by molar-refractivity contribution is 0.0529. The molecule has 0 spiro atoms. The topological polar surface area (TPSA) is 91.1 Å². The van der Waals surface area contributed by atoms with E-state index >= 15 is 0 Å². The molecule has 29 heavy (non-hydrogen) atoms. The van der Waals surface area contributed by atoms with Crippen molar-refractivity contribution < 1.29 is 13.9 Å². The maximum absolute atomic E-state index is 11.7. The van der Waals surface area contributed by atoms with Gasteiger partial charge in [0.2, 0.25) is 0 Å². The number of carbonyl (C=O) groups excluding carboxylic acids is 1. The van der Waals surface area contributed by atoms with E-state index < -0.39 is 11.7 Å². The quantitative estimate of drug-likeness (QED) is 0.349. The first-order valence-corrected chi connectivity index (χ1v) is 10.6. The first kappa shape index (κ1) is 23.1. The number of nitrogens with one attached hydrogen (secondary N) is 3. The highest BCUT2D eigenvalue weighted by Crippen LogP contribution is 2.26. The van der Waals surface area contributed by atoms with Crippen LogP contribution in [0.4, 0.5) is 4.79 Å². The second-order valence-electron chi connectivity index (χ2n) is 8.28. The zero-order valence-electron chi connectivity index (χ0n) is 18.5. The number of aryl methyl sites for hydroxylation is 1. The number of nitrogens with zero attached hydrogens (tertiary/aromatic N) is 2. The molecule has 1 aromatic heterocycles. The summed E-state index contributed by atoms with van der Waals surface area (Å²) in [5.41, 5.74) is -0.497. The number of furan rings is 1. The first-order chi connectivity index (χ1) is 13.8. The highest BCUT2D eigenvalue weighted by atomic mass is 16.6. The Morgan fingerprint density at radius 1 is 1.21 bits per heavy atom. The summed E-state index contributed by atoms with van der Waals surface area (Å²) in [4.78, 5) is 18.9. The third-order valence-electron chi connectivity index (χ3n) is 4.52. The average molecular weight is 408 g/mol. The summed E-state index contributed by atoms with van der Waals surface area (Å²) in [6.45, 7) is 14.1. The maximum Gasteiger partial charge on any atom is 0.407 e. The lowest BCUT2D eigenvalue weighted by atomic mass is 10.2. The van der Waals surface area contributed by atoms with Gasteiger partial charge in [-0.1, -0.05) is 0 Å². The van der Waals surface area contributed by atoms with Gasteiger partial charge in [-0.15, -0.1) is 0 Å². The van der Waals surface area contributed by atoms with Crippen molar-refractivity contribution in [1.29, 1.82) is 0 Å². The molecular weight excluding hydrogens is 370 g/mol. The predicted octanol–water partition coefficient (Wildman–Crippen LogP) is 2.80. The van der Waals surface area contributed by atoms with Crippen molar-refractivity contribution in [3.63, 3.8) is 0 Å². The summed E-state index contributed by atoms with van der Waals surface area (Å²) in [7, 11) is 0. The van der Waals surface area contributed by atoms with Crippen LogP contribution in [0.3, 0.4) is 0 Å². The molecule has 0 aliphatic carbocycles. The van der Waals surface area contributed by atoms with Gasteiger partial charge in [0.25, 0.3) is 0 Å². The Morgan fingerprint density at radius 2 is 1.90 bits per heavy atom. The number of amides is 1. The van der Waals surface area contributed by atoms with E-state index in [1.807, 2.05) is 40.7 Å². The van der Waals surface area contributed by atoms with Crippen LogP contribution in [0.2, 0.25) is 0 Å².